The van der Waals surface area contributed by atoms with Gasteiger partial charge >= 0.3 is 0 Å². The SMILES string of the molecule is CCn1cc(/C=C2\Oc3c4c(cc(C)c3C2=O)OCN(C2CCS(=O)(=O)C2)C4)c2cc(OC)ccc21. The predicted molar refractivity (Wildman–Crippen MR) is 136 cm³/mol. The highest BCUT2D eigenvalue weighted by molar-refractivity contribution is 7.91. The first-order chi connectivity index (χ1) is 17.3. The minimum absolute atomic E-state index is 0.0950. The normalized spacial score (nSPS) is 21.9. The Morgan fingerprint density at radius 2 is 2.08 bits per heavy atom. The lowest BCUT2D eigenvalue weighted by atomic mass is 9.98. The molecule has 4 heterocycles. The van der Waals surface area contributed by atoms with Crippen LogP contribution in [0.1, 0.15) is 40.4 Å². The van der Waals surface area contributed by atoms with Crippen molar-refractivity contribution in [2.75, 3.05) is 25.3 Å². The van der Waals surface area contributed by atoms with Gasteiger partial charge in [0.15, 0.2) is 15.6 Å². The van der Waals surface area contributed by atoms with Gasteiger partial charge in [0.2, 0.25) is 5.78 Å². The van der Waals surface area contributed by atoms with Crippen LogP contribution in [0.4, 0.5) is 0 Å². The van der Waals surface area contributed by atoms with Gasteiger partial charge < -0.3 is 18.8 Å². The van der Waals surface area contributed by atoms with Crippen molar-refractivity contribution in [3.8, 4) is 17.2 Å². The van der Waals surface area contributed by atoms with E-state index in [2.05, 4.69) is 11.5 Å². The molecular weight excluding hydrogens is 480 g/mol. The van der Waals surface area contributed by atoms with Gasteiger partial charge in [-0.1, -0.05) is 0 Å². The lowest BCUT2D eigenvalue weighted by Gasteiger charge is -2.33. The smallest absolute Gasteiger partial charge is 0.232 e. The summed E-state index contributed by atoms with van der Waals surface area (Å²) in [6.45, 7) is 5.55. The summed E-state index contributed by atoms with van der Waals surface area (Å²) in [5, 5.41) is 0.978. The Balaban J connectivity index is 1.38. The van der Waals surface area contributed by atoms with Gasteiger partial charge in [-0.2, -0.15) is 0 Å². The summed E-state index contributed by atoms with van der Waals surface area (Å²) in [6.07, 6.45) is 4.41. The van der Waals surface area contributed by atoms with Crippen molar-refractivity contribution < 1.29 is 27.4 Å². The number of hydrogen-bond acceptors (Lipinski definition) is 7. The van der Waals surface area contributed by atoms with Gasteiger partial charge in [0.1, 0.15) is 24.0 Å². The van der Waals surface area contributed by atoms with Crippen molar-refractivity contribution in [3.63, 3.8) is 0 Å². The standard InChI is InChI=1S/C27H28N2O6S/c1-4-28-12-17(20-11-19(33-3)5-6-22(20)28)10-24-26(30)25-16(2)9-23-21(27(25)35-24)13-29(15-34-23)18-7-8-36(31,32)14-18/h5-6,9-12,18H,4,7-8,13-15H2,1-3H3/b24-10-. The van der Waals surface area contributed by atoms with E-state index in [-0.39, 0.29) is 29.1 Å². The van der Waals surface area contributed by atoms with Gasteiger partial charge in [-0.15, -0.1) is 0 Å². The number of aromatic nitrogens is 1. The average Bonchev–Trinajstić information content (AvgIpc) is 3.52. The fraction of sp³-hybridized carbons (Fsp3) is 0.370. The molecular formula is C27H28N2O6S. The quantitative estimate of drug-likeness (QED) is 0.494. The summed E-state index contributed by atoms with van der Waals surface area (Å²) in [4.78, 5) is 15.5. The number of carbonyl (C=O) groups is 1. The molecule has 0 aliphatic carbocycles. The van der Waals surface area contributed by atoms with E-state index in [0.717, 1.165) is 39.9 Å². The van der Waals surface area contributed by atoms with Crippen molar-refractivity contribution in [2.45, 2.75) is 39.4 Å². The Kier molecular flexibility index (Phi) is 5.38. The molecule has 0 saturated carbocycles. The molecule has 0 amide bonds. The minimum atomic E-state index is -3.02. The molecule has 3 aliphatic heterocycles. The first-order valence-electron chi connectivity index (χ1n) is 12.1. The summed E-state index contributed by atoms with van der Waals surface area (Å²) in [5.41, 5.74) is 4.06. The van der Waals surface area contributed by atoms with Crippen LogP contribution in [0.2, 0.25) is 0 Å². The molecule has 1 atom stereocenters. The van der Waals surface area contributed by atoms with Gasteiger partial charge in [0.25, 0.3) is 0 Å². The lowest BCUT2D eigenvalue weighted by molar-refractivity contribution is 0.0633. The molecule has 0 spiro atoms. The zero-order valence-electron chi connectivity index (χ0n) is 20.5. The predicted octanol–water partition coefficient (Wildman–Crippen LogP) is 3.93. The van der Waals surface area contributed by atoms with Gasteiger partial charge in [0.05, 0.1) is 29.7 Å². The van der Waals surface area contributed by atoms with E-state index in [4.69, 9.17) is 14.2 Å². The molecule has 1 fully saturated rings. The Bertz CT molecular complexity index is 1550. The highest BCUT2D eigenvalue weighted by Gasteiger charge is 2.39. The van der Waals surface area contributed by atoms with Crippen LogP contribution >= 0.6 is 0 Å². The number of ether oxygens (including phenoxy) is 3. The molecule has 0 N–H and O–H groups in total. The molecule has 0 bridgehead atoms. The molecule has 1 unspecified atom stereocenters. The van der Waals surface area contributed by atoms with Gasteiger partial charge in [-0.25, -0.2) is 8.42 Å². The Hall–Kier alpha value is -3.30. The molecule has 188 valence electrons. The lowest BCUT2D eigenvalue weighted by Crippen LogP contribution is -2.41. The fourth-order valence-electron chi connectivity index (χ4n) is 5.49. The number of sulfone groups is 1. The summed E-state index contributed by atoms with van der Waals surface area (Å²) < 4.78 is 43.9. The van der Waals surface area contributed by atoms with Gasteiger partial charge in [-0.05, 0) is 56.2 Å². The van der Waals surface area contributed by atoms with Gasteiger partial charge in [-0.3, -0.25) is 9.69 Å². The maximum Gasteiger partial charge on any atom is 0.232 e. The summed E-state index contributed by atoms with van der Waals surface area (Å²) >= 11 is 0. The maximum absolute atomic E-state index is 13.5. The van der Waals surface area contributed by atoms with Crippen molar-refractivity contribution in [3.05, 3.63) is 58.5 Å². The van der Waals surface area contributed by atoms with Crippen LogP contribution < -0.4 is 14.2 Å². The van der Waals surface area contributed by atoms with Crippen LogP contribution in [0.3, 0.4) is 0 Å². The van der Waals surface area contributed by atoms with E-state index < -0.39 is 9.84 Å². The van der Waals surface area contributed by atoms with Crippen molar-refractivity contribution >= 4 is 32.6 Å². The Labute approximate surface area is 210 Å². The van der Waals surface area contributed by atoms with E-state index in [1.165, 1.54) is 0 Å². The van der Waals surface area contributed by atoms with E-state index in [0.29, 0.717) is 36.8 Å². The zero-order chi connectivity index (χ0) is 25.2. The topological polar surface area (TPSA) is 87.1 Å². The molecule has 2 aromatic carbocycles. The number of nitrogens with zero attached hydrogens (tertiary/aromatic N) is 2. The second-order valence-electron chi connectivity index (χ2n) is 9.64. The van der Waals surface area contributed by atoms with E-state index in [1.54, 1.807) is 13.2 Å². The molecule has 3 aliphatic rings. The molecule has 3 aromatic rings. The summed E-state index contributed by atoms with van der Waals surface area (Å²) in [5.74, 6) is 2.38. The Morgan fingerprint density at radius 1 is 1.25 bits per heavy atom. The minimum Gasteiger partial charge on any atom is -0.497 e. The van der Waals surface area contributed by atoms with Crippen LogP contribution in [0.15, 0.2) is 36.2 Å². The molecule has 1 saturated heterocycles. The number of benzene rings is 2. The van der Waals surface area contributed by atoms with Crippen molar-refractivity contribution in [1.29, 1.82) is 0 Å². The highest BCUT2D eigenvalue weighted by Crippen LogP contribution is 2.45. The van der Waals surface area contributed by atoms with E-state index >= 15 is 0 Å². The number of Topliss-reactive ketones (excluding diaryl/α,β-unsaturated/α-hetero) is 1. The maximum atomic E-state index is 13.5. The fourth-order valence-corrected chi connectivity index (χ4v) is 7.25. The van der Waals surface area contributed by atoms with Crippen molar-refractivity contribution in [2.24, 2.45) is 0 Å². The number of rotatable bonds is 4. The second kappa shape index (κ2) is 8.38. The number of ketones is 1. The first kappa shape index (κ1) is 23.1. The van der Waals surface area contributed by atoms with E-state index in [9.17, 15) is 13.2 Å². The monoisotopic (exact) mass is 508 g/mol. The zero-order valence-corrected chi connectivity index (χ0v) is 21.4. The third-order valence-corrected chi connectivity index (χ3v) is 9.17. The molecule has 6 rings (SSSR count). The number of hydrogen-bond donors (Lipinski definition) is 0. The Morgan fingerprint density at radius 3 is 2.81 bits per heavy atom. The number of allylic oxidation sites excluding steroid dienone is 1. The number of carbonyl (C=O) groups excluding carboxylic acids is 1. The molecule has 8 nitrogen and oxygen atoms in total. The highest BCUT2D eigenvalue weighted by atomic mass is 32.2. The average molecular weight is 509 g/mol. The molecule has 9 heteroatoms. The van der Waals surface area contributed by atoms with Crippen LogP contribution in [0, 0.1) is 6.92 Å². The van der Waals surface area contributed by atoms with Crippen LogP contribution in [0.5, 0.6) is 17.2 Å². The van der Waals surface area contributed by atoms with Crippen LogP contribution in [0.25, 0.3) is 17.0 Å². The third-order valence-electron chi connectivity index (χ3n) is 7.42. The number of fused-ring (bicyclic) bond motifs is 4. The number of methoxy groups -OCH3 is 1. The molecule has 36 heavy (non-hydrogen) atoms. The van der Waals surface area contributed by atoms with Gasteiger partial charge in [0, 0.05) is 41.8 Å². The third kappa shape index (κ3) is 3.69. The van der Waals surface area contributed by atoms with Crippen LogP contribution in [-0.2, 0) is 22.9 Å². The molecule has 0 radical (unpaired) electrons. The number of aryl methyl sites for hydroxylation is 2. The summed E-state index contributed by atoms with van der Waals surface area (Å²) in [7, 11) is -1.38. The molecule has 1 aromatic heterocycles. The summed E-state index contributed by atoms with van der Waals surface area (Å²) in [6, 6.07) is 7.70. The second-order valence-corrected chi connectivity index (χ2v) is 11.9. The first-order valence-corrected chi connectivity index (χ1v) is 13.9. The van der Waals surface area contributed by atoms with E-state index in [1.807, 2.05) is 42.3 Å². The largest absolute Gasteiger partial charge is 0.497 e. The van der Waals surface area contributed by atoms with Crippen LogP contribution in [-0.4, -0.2) is 55.1 Å². The van der Waals surface area contributed by atoms with Crippen molar-refractivity contribution in [1.82, 2.24) is 9.47 Å².